The fourth-order valence-electron chi connectivity index (χ4n) is 2.15. The van der Waals surface area contributed by atoms with Gasteiger partial charge in [-0.15, -0.1) is 0 Å². The Morgan fingerprint density at radius 3 is 3.04 bits per heavy atom. The molecule has 1 aliphatic heterocycles. The van der Waals surface area contributed by atoms with E-state index in [9.17, 15) is 4.79 Å². The molecule has 0 bridgehead atoms. The Labute approximate surface area is 138 Å². The van der Waals surface area contributed by atoms with Crippen LogP contribution in [0.1, 0.15) is 5.56 Å². The monoisotopic (exact) mass is 330 g/mol. The van der Waals surface area contributed by atoms with Gasteiger partial charge in [0.25, 0.3) is 5.91 Å². The smallest absolute Gasteiger partial charge is 0.250 e. The number of rotatable bonds is 5. The zero-order valence-electron chi connectivity index (χ0n) is 12.3. The molecule has 3 rings (SSSR count). The number of anilines is 1. The van der Waals surface area contributed by atoms with Gasteiger partial charge < -0.3 is 15.4 Å². The third-order valence-corrected chi connectivity index (χ3v) is 3.49. The molecule has 2 aromatic rings. The number of carbonyl (C=O) groups is 1. The highest BCUT2D eigenvalue weighted by Crippen LogP contribution is 2.28. The van der Waals surface area contributed by atoms with E-state index in [1.807, 2.05) is 0 Å². The summed E-state index contributed by atoms with van der Waals surface area (Å²) in [6, 6.07) is 5.34. The van der Waals surface area contributed by atoms with Crippen LogP contribution in [0.3, 0.4) is 0 Å². The first-order chi connectivity index (χ1) is 11.2. The number of halogens is 1. The van der Waals surface area contributed by atoms with Crippen molar-refractivity contribution in [2.75, 3.05) is 25.0 Å². The molecule has 0 unspecified atom stereocenters. The highest BCUT2D eigenvalue weighted by Gasteiger charge is 2.17. The van der Waals surface area contributed by atoms with Gasteiger partial charge in [0, 0.05) is 36.1 Å². The molecule has 0 saturated heterocycles. The molecule has 1 aliphatic rings. The maximum absolute atomic E-state index is 12.2. The maximum atomic E-state index is 12.2. The van der Waals surface area contributed by atoms with Crippen LogP contribution in [0.25, 0.3) is 6.08 Å². The summed E-state index contributed by atoms with van der Waals surface area (Å²) in [6.45, 7) is 1.27. The topological polar surface area (TPSA) is 76.1 Å². The zero-order chi connectivity index (χ0) is 16.1. The molecule has 23 heavy (non-hydrogen) atoms. The molecular weight excluding hydrogens is 316 g/mol. The number of hydrogen-bond acceptors (Lipinski definition) is 5. The van der Waals surface area contributed by atoms with Crippen LogP contribution in [0.15, 0.2) is 42.4 Å². The van der Waals surface area contributed by atoms with Gasteiger partial charge in [-0.05, 0) is 24.3 Å². The van der Waals surface area contributed by atoms with E-state index in [0.29, 0.717) is 29.5 Å². The minimum atomic E-state index is -0.156. The lowest BCUT2D eigenvalue weighted by molar-refractivity contribution is -0.117. The van der Waals surface area contributed by atoms with E-state index in [1.165, 1.54) is 0 Å². The summed E-state index contributed by atoms with van der Waals surface area (Å²) in [5, 5.41) is 6.52. The van der Waals surface area contributed by atoms with Crippen molar-refractivity contribution in [1.82, 2.24) is 15.3 Å². The standard InChI is InChI=1S/C16H15ClN4O2/c17-13-1-2-14-11(8-13)7-12(10-23-14)16(22)21-6-5-20-15-9-18-3-4-19-15/h1-4,7-9H,5-6,10H2,(H,19,20)(H,21,22). The van der Waals surface area contributed by atoms with Crippen LogP contribution in [-0.4, -0.2) is 35.6 Å². The predicted octanol–water partition coefficient (Wildman–Crippen LogP) is 2.13. The molecule has 0 saturated carbocycles. The summed E-state index contributed by atoms with van der Waals surface area (Å²) < 4.78 is 5.57. The fraction of sp³-hybridized carbons (Fsp3) is 0.188. The molecule has 0 spiro atoms. The Kier molecular flexibility index (Phi) is 4.73. The van der Waals surface area contributed by atoms with Gasteiger partial charge in [-0.3, -0.25) is 9.78 Å². The summed E-state index contributed by atoms with van der Waals surface area (Å²) in [6.07, 6.45) is 6.64. The Morgan fingerprint density at radius 2 is 2.22 bits per heavy atom. The lowest BCUT2D eigenvalue weighted by atomic mass is 10.1. The van der Waals surface area contributed by atoms with Crippen LogP contribution in [0.5, 0.6) is 5.75 Å². The zero-order valence-corrected chi connectivity index (χ0v) is 13.0. The van der Waals surface area contributed by atoms with Crippen LogP contribution in [0.4, 0.5) is 5.82 Å². The van der Waals surface area contributed by atoms with Crippen molar-refractivity contribution in [2.24, 2.45) is 0 Å². The highest BCUT2D eigenvalue weighted by molar-refractivity contribution is 6.30. The Morgan fingerprint density at radius 1 is 1.30 bits per heavy atom. The van der Waals surface area contributed by atoms with Crippen molar-refractivity contribution in [2.45, 2.75) is 0 Å². The lowest BCUT2D eigenvalue weighted by Gasteiger charge is -2.18. The van der Waals surface area contributed by atoms with Crippen LogP contribution in [-0.2, 0) is 4.79 Å². The molecule has 1 aromatic heterocycles. The normalized spacial score (nSPS) is 12.7. The largest absolute Gasteiger partial charge is 0.488 e. The Bertz CT molecular complexity index is 734. The first-order valence-corrected chi connectivity index (χ1v) is 7.51. The van der Waals surface area contributed by atoms with Crippen LogP contribution in [0.2, 0.25) is 5.02 Å². The van der Waals surface area contributed by atoms with Crippen molar-refractivity contribution in [3.8, 4) is 5.75 Å². The van der Waals surface area contributed by atoms with Gasteiger partial charge >= 0.3 is 0 Å². The number of aromatic nitrogens is 2. The first-order valence-electron chi connectivity index (χ1n) is 7.13. The minimum absolute atomic E-state index is 0.156. The molecule has 7 heteroatoms. The molecule has 118 valence electrons. The molecular formula is C16H15ClN4O2. The van der Waals surface area contributed by atoms with E-state index in [-0.39, 0.29) is 12.5 Å². The molecule has 2 heterocycles. The third-order valence-electron chi connectivity index (χ3n) is 3.26. The van der Waals surface area contributed by atoms with Crippen molar-refractivity contribution < 1.29 is 9.53 Å². The quantitative estimate of drug-likeness (QED) is 0.821. The van der Waals surface area contributed by atoms with Gasteiger partial charge in [0.05, 0.1) is 11.8 Å². The summed E-state index contributed by atoms with van der Waals surface area (Å²) in [7, 11) is 0. The molecule has 0 atom stereocenters. The number of nitrogens with zero attached hydrogens (tertiary/aromatic N) is 2. The van der Waals surface area contributed by atoms with Crippen LogP contribution < -0.4 is 15.4 Å². The molecule has 0 radical (unpaired) electrons. The summed E-state index contributed by atoms with van der Waals surface area (Å²) in [5.74, 6) is 1.25. The van der Waals surface area contributed by atoms with Crippen molar-refractivity contribution in [3.63, 3.8) is 0 Å². The van der Waals surface area contributed by atoms with E-state index in [0.717, 1.165) is 11.3 Å². The van der Waals surface area contributed by atoms with Crippen LogP contribution >= 0.6 is 11.6 Å². The maximum Gasteiger partial charge on any atom is 0.250 e. The average Bonchev–Trinajstić information content (AvgIpc) is 2.58. The number of fused-ring (bicyclic) bond motifs is 1. The van der Waals surface area contributed by atoms with Crippen molar-refractivity contribution >= 4 is 29.4 Å². The minimum Gasteiger partial charge on any atom is -0.488 e. The van der Waals surface area contributed by atoms with E-state index in [4.69, 9.17) is 16.3 Å². The SMILES string of the molecule is O=C(NCCNc1cnccn1)C1=Cc2cc(Cl)ccc2OC1. The lowest BCUT2D eigenvalue weighted by Crippen LogP contribution is -2.32. The van der Waals surface area contributed by atoms with Crippen molar-refractivity contribution in [3.05, 3.63) is 52.9 Å². The number of hydrogen-bond donors (Lipinski definition) is 2. The van der Waals surface area contributed by atoms with Gasteiger partial charge in [-0.1, -0.05) is 11.6 Å². The summed E-state index contributed by atoms with van der Waals surface area (Å²) in [5.41, 5.74) is 1.38. The van der Waals surface area contributed by atoms with E-state index in [2.05, 4.69) is 20.6 Å². The third kappa shape index (κ3) is 3.98. The van der Waals surface area contributed by atoms with Gasteiger partial charge in [-0.2, -0.15) is 0 Å². The number of carbonyl (C=O) groups excluding carboxylic acids is 1. The second-order valence-electron chi connectivity index (χ2n) is 4.91. The molecule has 2 N–H and O–H groups in total. The predicted molar refractivity (Wildman–Crippen MR) is 88.5 cm³/mol. The van der Waals surface area contributed by atoms with Gasteiger partial charge in [0.15, 0.2) is 0 Å². The number of benzene rings is 1. The fourth-order valence-corrected chi connectivity index (χ4v) is 2.33. The molecule has 0 fully saturated rings. The Hall–Kier alpha value is -2.60. The molecule has 1 amide bonds. The van der Waals surface area contributed by atoms with E-state index >= 15 is 0 Å². The molecule has 0 aliphatic carbocycles. The second kappa shape index (κ2) is 7.11. The number of amides is 1. The van der Waals surface area contributed by atoms with Crippen molar-refractivity contribution in [1.29, 1.82) is 0 Å². The summed E-state index contributed by atoms with van der Waals surface area (Å²) >= 11 is 5.96. The number of ether oxygens (including phenoxy) is 1. The van der Waals surface area contributed by atoms with Crippen LogP contribution in [0, 0.1) is 0 Å². The van der Waals surface area contributed by atoms with Gasteiger partial charge in [0.1, 0.15) is 18.2 Å². The second-order valence-corrected chi connectivity index (χ2v) is 5.35. The van der Waals surface area contributed by atoms with E-state index in [1.54, 1.807) is 42.9 Å². The highest BCUT2D eigenvalue weighted by atomic mass is 35.5. The summed E-state index contributed by atoms with van der Waals surface area (Å²) in [4.78, 5) is 20.2. The van der Waals surface area contributed by atoms with Gasteiger partial charge in [-0.25, -0.2) is 4.98 Å². The van der Waals surface area contributed by atoms with E-state index < -0.39 is 0 Å². The molecule has 1 aromatic carbocycles. The molecule has 6 nitrogen and oxygen atoms in total. The Balaban J connectivity index is 1.53. The average molecular weight is 331 g/mol. The number of nitrogens with one attached hydrogen (secondary N) is 2. The van der Waals surface area contributed by atoms with Gasteiger partial charge in [0.2, 0.25) is 0 Å². The first kappa shape index (κ1) is 15.3.